The molecule has 0 bridgehead atoms. The van der Waals surface area contributed by atoms with E-state index in [0.29, 0.717) is 22.3 Å². The maximum Gasteiger partial charge on any atom is 0.235 e. The van der Waals surface area contributed by atoms with Crippen molar-refractivity contribution in [3.63, 3.8) is 0 Å². The minimum atomic E-state index is -0.872. The summed E-state index contributed by atoms with van der Waals surface area (Å²) in [5, 5.41) is 1.24. The maximum absolute atomic E-state index is 13.8. The molecular weight excluding hydrogens is 433 g/mol. The van der Waals surface area contributed by atoms with Gasteiger partial charge in [-0.3, -0.25) is 9.69 Å². The number of hydrogen-bond donors (Lipinski definition) is 0. The molecule has 2 aromatic carbocycles. The molecule has 3 aromatic rings. The van der Waals surface area contributed by atoms with Gasteiger partial charge in [0.2, 0.25) is 5.91 Å². The molecule has 3 atom stereocenters. The molecule has 0 spiro atoms. The van der Waals surface area contributed by atoms with E-state index in [1.54, 1.807) is 17.2 Å². The SMILES string of the molecule is C[C@@]1(CC=O)C[C@H](c2cccc(Cl)c2)[C@@H](c2ccc(Cl)cc2)N(c2ccncn2)C1=O. The van der Waals surface area contributed by atoms with Crippen LogP contribution >= 0.6 is 23.2 Å². The van der Waals surface area contributed by atoms with Gasteiger partial charge in [-0.25, -0.2) is 9.97 Å². The van der Waals surface area contributed by atoms with Crippen LogP contribution in [0.3, 0.4) is 0 Å². The molecule has 7 heteroatoms. The Labute approximate surface area is 191 Å². The minimum Gasteiger partial charge on any atom is -0.303 e. The van der Waals surface area contributed by atoms with Gasteiger partial charge in [-0.1, -0.05) is 54.4 Å². The summed E-state index contributed by atoms with van der Waals surface area (Å²) < 4.78 is 0. The number of amides is 1. The Bertz CT molecular complexity index is 1090. The van der Waals surface area contributed by atoms with Gasteiger partial charge in [0.1, 0.15) is 18.4 Å². The summed E-state index contributed by atoms with van der Waals surface area (Å²) in [5.74, 6) is 0.234. The highest BCUT2D eigenvalue weighted by Crippen LogP contribution is 2.51. The zero-order chi connectivity index (χ0) is 22.0. The monoisotopic (exact) mass is 453 g/mol. The normalized spacial score (nSPS) is 23.6. The quantitative estimate of drug-likeness (QED) is 0.468. The van der Waals surface area contributed by atoms with Crippen molar-refractivity contribution in [3.05, 3.63) is 88.3 Å². The zero-order valence-corrected chi connectivity index (χ0v) is 18.4. The topological polar surface area (TPSA) is 63.2 Å². The summed E-state index contributed by atoms with van der Waals surface area (Å²) in [6.07, 6.45) is 4.46. The number of nitrogens with zero attached hydrogens (tertiary/aromatic N) is 3. The number of benzene rings is 2. The van der Waals surface area contributed by atoms with E-state index >= 15 is 0 Å². The summed E-state index contributed by atoms with van der Waals surface area (Å²) in [6, 6.07) is 16.5. The van der Waals surface area contributed by atoms with Crippen LogP contribution in [0.5, 0.6) is 0 Å². The molecule has 2 heterocycles. The third-order valence-corrected chi connectivity index (χ3v) is 6.39. The number of carbonyl (C=O) groups is 2. The van der Waals surface area contributed by atoms with Crippen LogP contribution in [0.4, 0.5) is 5.82 Å². The molecule has 0 unspecified atom stereocenters. The van der Waals surface area contributed by atoms with E-state index in [-0.39, 0.29) is 24.3 Å². The second-order valence-electron chi connectivity index (χ2n) is 8.04. The molecule has 1 amide bonds. The third-order valence-electron chi connectivity index (χ3n) is 5.90. The fourth-order valence-corrected chi connectivity index (χ4v) is 4.71. The molecule has 0 N–H and O–H groups in total. The summed E-state index contributed by atoms with van der Waals surface area (Å²) >= 11 is 12.5. The molecular formula is C24H21Cl2N3O2. The van der Waals surface area contributed by atoms with Crippen LogP contribution < -0.4 is 4.90 Å². The standard InChI is InChI=1S/C24H21Cl2N3O2/c1-24(10-12-30)14-20(17-3-2-4-19(26)13-17)22(16-5-7-18(25)8-6-16)29(23(24)31)21-9-11-27-15-28-21/h2-9,11-13,15,20,22H,10,14H2,1H3/t20-,22-,24-/m1/s1. The van der Waals surface area contributed by atoms with Crippen LogP contribution in [0.2, 0.25) is 10.0 Å². The molecule has 1 aromatic heterocycles. The third kappa shape index (κ3) is 4.21. The molecule has 31 heavy (non-hydrogen) atoms. The molecule has 0 aliphatic carbocycles. The van der Waals surface area contributed by atoms with E-state index in [9.17, 15) is 9.59 Å². The Morgan fingerprint density at radius 2 is 1.87 bits per heavy atom. The van der Waals surface area contributed by atoms with E-state index < -0.39 is 5.41 Å². The predicted molar refractivity (Wildman–Crippen MR) is 121 cm³/mol. The van der Waals surface area contributed by atoms with Crippen molar-refractivity contribution in [2.75, 3.05) is 4.90 Å². The molecule has 1 fully saturated rings. The van der Waals surface area contributed by atoms with Crippen LogP contribution in [0, 0.1) is 5.41 Å². The van der Waals surface area contributed by atoms with Crippen LogP contribution in [-0.4, -0.2) is 22.2 Å². The highest BCUT2D eigenvalue weighted by Gasteiger charge is 2.50. The average molecular weight is 454 g/mol. The van der Waals surface area contributed by atoms with Crippen LogP contribution in [0.25, 0.3) is 0 Å². The van der Waals surface area contributed by atoms with Crippen molar-refractivity contribution in [1.82, 2.24) is 9.97 Å². The molecule has 1 aliphatic rings. The molecule has 1 aliphatic heterocycles. The smallest absolute Gasteiger partial charge is 0.235 e. The lowest BCUT2D eigenvalue weighted by Gasteiger charge is -2.48. The largest absolute Gasteiger partial charge is 0.303 e. The van der Waals surface area contributed by atoms with Crippen LogP contribution in [0.1, 0.15) is 42.9 Å². The van der Waals surface area contributed by atoms with Crippen molar-refractivity contribution in [2.45, 2.75) is 31.7 Å². The molecule has 5 nitrogen and oxygen atoms in total. The first-order valence-corrected chi connectivity index (χ1v) is 10.7. The summed E-state index contributed by atoms with van der Waals surface area (Å²) in [6.45, 7) is 1.84. The maximum atomic E-state index is 13.8. The Hall–Kier alpha value is -2.76. The second-order valence-corrected chi connectivity index (χ2v) is 8.91. The van der Waals surface area contributed by atoms with Gasteiger partial charge < -0.3 is 4.79 Å². The van der Waals surface area contributed by atoms with Crippen molar-refractivity contribution in [3.8, 4) is 0 Å². The van der Waals surface area contributed by atoms with Gasteiger partial charge >= 0.3 is 0 Å². The molecule has 0 saturated carbocycles. The Morgan fingerprint density at radius 3 is 2.52 bits per heavy atom. The summed E-state index contributed by atoms with van der Waals surface area (Å²) in [7, 11) is 0. The van der Waals surface area contributed by atoms with Crippen LogP contribution in [0.15, 0.2) is 67.1 Å². The van der Waals surface area contributed by atoms with Crippen molar-refractivity contribution in [2.24, 2.45) is 5.41 Å². The first-order chi connectivity index (χ1) is 14.9. The van der Waals surface area contributed by atoms with E-state index in [0.717, 1.165) is 17.4 Å². The number of aldehydes is 1. The Kier molecular flexibility index (Phi) is 6.08. The lowest BCUT2D eigenvalue weighted by Crippen LogP contribution is -2.52. The van der Waals surface area contributed by atoms with E-state index in [4.69, 9.17) is 23.2 Å². The zero-order valence-electron chi connectivity index (χ0n) is 16.9. The Balaban J connectivity index is 1.94. The lowest BCUT2D eigenvalue weighted by molar-refractivity contribution is -0.133. The number of piperidine rings is 1. The van der Waals surface area contributed by atoms with Gasteiger partial charge in [0.15, 0.2) is 0 Å². The van der Waals surface area contributed by atoms with Gasteiger partial charge in [0, 0.05) is 28.6 Å². The Morgan fingerprint density at radius 1 is 1.10 bits per heavy atom. The fourth-order valence-electron chi connectivity index (χ4n) is 4.39. The molecule has 158 valence electrons. The first kappa shape index (κ1) is 21.5. The molecule has 0 radical (unpaired) electrons. The predicted octanol–water partition coefficient (Wildman–Crippen LogP) is 5.64. The minimum absolute atomic E-state index is 0.113. The van der Waals surface area contributed by atoms with Crippen LogP contribution in [-0.2, 0) is 9.59 Å². The van der Waals surface area contributed by atoms with Gasteiger partial charge in [-0.2, -0.15) is 0 Å². The van der Waals surface area contributed by atoms with E-state index in [1.807, 2.05) is 55.5 Å². The van der Waals surface area contributed by atoms with E-state index in [2.05, 4.69) is 9.97 Å². The number of hydrogen-bond acceptors (Lipinski definition) is 4. The number of carbonyl (C=O) groups excluding carboxylic acids is 2. The molecule has 4 rings (SSSR count). The highest BCUT2D eigenvalue weighted by molar-refractivity contribution is 6.30. The number of aromatic nitrogens is 2. The van der Waals surface area contributed by atoms with Gasteiger partial charge in [0.05, 0.1) is 11.5 Å². The van der Waals surface area contributed by atoms with Gasteiger partial charge in [-0.05, 0) is 47.9 Å². The number of rotatable bonds is 5. The first-order valence-electron chi connectivity index (χ1n) is 9.97. The van der Waals surface area contributed by atoms with Gasteiger partial charge in [-0.15, -0.1) is 0 Å². The summed E-state index contributed by atoms with van der Waals surface area (Å²) in [5.41, 5.74) is 1.05. The number of anilines is 1. The van der Waals surface area contributed by atoms with Gasteiger partial charge in [0.25, 0.3) is 0 Å². The second kappa shape index (κ2) is 8.77. The number of halogens is 2. The lowest BCUT2D eigenvalue weighted by atomic mass is 9.67. The fraction of sp³-hybridized carbons (Fsp3) is 0.250. The van der Waals surface area contributed by atoms with E-state index in [1.165, 1.54) is 6.33 Å². The van der Waals surface area contributed by atoms with Crippen molar-refractivity contribution in [1.29, 1.82) is 0 Å². The highest BCUT2D eigenvalue weighted by atomic mass is 35.5. The van der Waals surface area contributed by atoms with Crippen molar-refractivity contribution < 1.29 is 9.59 Å². The summed E-state index contributed by atoms with van der Waals surface area (Å²) in [4.78, 5) is 35.4. The average Bonchev–Trinajstić information content (AvgIpc) is 2.77. The van der Waals surface area contributed by atoms with Crippen molar-refractivity contribution >= 4 is 41.2 Å². The molecule has 1 saturated heterocycles.